The molecular formula is C24H32N6O2. The van der Waals surface area contributed by atoms with E-state index < -0.39 is 0 Å². The summed E-state index contributed by atoms with van der Waals surface area (Å²) >= 11 is 0. The van der Waals surface area contributed by atoms with Gasteiger partial charge in [0.1, 0.15) is 11.9 Å². The van der Waals surface area contributed by atoms with Crippen LogP contribution < -0.4 is 10.6 Å². The summed E-state index contributed by atoms with van der Waals surface area (Å²) in [6, 6.07) is 3.86. The van der Waals surface area contributed by atoms with Gasteiger partial charge in [0.2, 0.25) is 5.91 Å². The standard InChI is InChI=1S/C24H32N6O2/c1-23(2)12-17(13-24(3,4)29-23)11-22(31)30-9-10-32-20(16-30)19-6-5-18(14-27-19)28-21-15-25-7-8-26-21/h5-8,12,14-15,20,29H,9-11,13,16H2,1-4H3,(H,26,28). The number of ether oxygens (including phenoxy) is 1. The van der Waals surface area contributed by atoms with Crippen molar-refractivity contribution in [1.29, 1.82) is 0 Å². The first-order valence-electron chi connectivity index (χ1n) is 11.1. The molecule has 0 radical (unpaired) electrons. The van der Waals surface area contributed by atoms with Crippen LogP contribution in [0.1, 0.15) is 52.3 Å². The number of rotatable bonds is 5. The minimum absolute atomic E-state index is 0.0214. The quantitative estimate of drug-likeness (QED) is 0.694. The van der Waals surface area contributed by atoms with Crippen LogP contribution >= 0.6 is 0 Å². The van der Waals surface area contributed by atoms with Gasteiger partial charge in [-0.15, -0.1) is 0 Å². The van der Waals surface area contributed by atoms with E-state index in [4.69, 9.17) is 4.74 Å². The van der Waals surface area contributed by atoms with Crippen molar-refractivity contribution in [2.45, 2.75) is 57.7 Å². The number of hydrogen-bond donors (Lipinski definition) is 2. The van der Waals surface area contributed by atoms with Crippen molar-refractivity contribution in [3.8, 4) is 0 Å². The number of nitrogens with one attached hydrogen (secondary N) is 2. The number of carbonyl (C=O) groups is 1. The van der Waals surface area contributed by atoms with Gasteiger partial charge < -0.3 is 20.3 Å². The summed E-state index contributed by atoms with van der Waals surface area (Å²) in [5.41, 5.74) is 2.70. The zero-order chi connectivity index (χ0) is 22.8. The van der Waals surface area contributed by atoms with Crippen molar-refractivity contribution in [2.24, 2.45) is 0 Å². The Kier molecular flexibility index (Phi) is 6.26. The van der Waals surface area contributed by atoms with Crippen LogP contribution in [0.15, 0.2) is 48.6 Å². The van der Waals surface area contributed by atoms with E-state index >= 15 is 0 Å². The first kappa shape index (κ1) is 22.4. The molecule has 170 valence electrons. The molecule has 0 saturated carbocycles. The fourth-order valence-electron chi connectivity index (χ4n) is 4.74. The summed E-state index contributed by atoms with van der Waals surface area (Å²) in [5.74, 6) is 0.810. The fourth-order valence-corrected chi connectivity index (χ4v) is 4.74. The predicted octanol–water partition coefficient (Wildman–Crippen LogP) is 3.38. The predicted molar refractivity (Wildman–Crippen MR) is 123 cm³/mol. The van der Waals surface area contributed by atoms with E-state index in [1.807, 2.05) is 17.0 Å². The average Bonchev–Trinajstić information content (AvgIpc) is 2.73. The van der Waals surface area contributed by atoms with E-state index in [2.05, 4.69) is 59.4 Å². The molecule has 0 aromatic carbocycles. The van der Waals surface area contributed by atoms with Crippen molar-refractivity contribution in [1.82, 2.24) is 25.2 Å². The van der Waals surface area contributed by atoms with E-state index in [0.29, 0.717) is 31.9 Å². The monoisotopic (exact) mass is 436 g/mol. The Balaban J connectivity index is 1.38. The van der Waals surface area contributed by atoms with Crippen LogP contribution in [-0.2, 0) is 9.53 Å². The maximum atomic E-state index is 13.1. The molecule has 32 heavy (non-hydrogen) atoms. The molecule has 2 aromatic rings. The fraction of sp³-hybridized carbons (Fsp3) is 0.500. The smallest absolute Gasteiger partial charge is 0.226 e. The Morgan fingerprint density at radius 2 is 2.06 bits per heavy atom. The second-order valence-electron chi connectivity index (χ2n) is 9.77. The van der Waals surface area contributed by atoms with Gasteiger partial charge in [-0.2, -0.15) is 0 Å². The number of morpholine rings is 1. The second kappa shape index (κ2) is 8.96. The van der Waals surface area contributed by atoms with Crippen LogP contribution in [0, 0.1) is 0 Å². The van der Waals surface area contributed by atoms with Gasteiger partial charge in [0.05, 0.1) is 36.9 Å². The molecule has 1 fully saturated rings. The highest BCUT2D eigenvalue weighted by Gasteiger charge is 2.34. The highest BCUT2D eigenvalue weighted by atomic mass is 16.5. The van der Waals surface area contributed by atoms with Crippen LogP contribution in [0.2, 0.25) is 0 Å². The third-order valence-corrected chi connectivity index (χ3v) is 5.64. The maximum absolute atomic E-state index is 13.1. The Morgan fingerprint density at radius 3 is 2.75 bits per heavy atom. The molecule has 0 bridgehead atoms. The van der Waals surface area contributed by atoms with Gasteiger partial charge in [0, 0.05) is 36.4 Å². The highest BCUT2D eigenvalue weighted by molar-refractivity contribution is 5.79. The average molecular weight is 437 g/mol. The summed E-state index contributed by atoms with van der Waals surface area (Å²) in [7, 11) is 0. The summed E-state index contributed by atoms with van der Waals surface area (Å²) in [4.78, 5) is 27.8. The van der Waals surface area contributed by atoms with Crippen LogP contribution in [0.4, 0.5) is 11.5 Å². The van der Waals surface area contributed by atoms with Gasteiger partial charge in [0.15, 0.2) is 0 Å². The molecule has 2 N–H and O–H groups in total. The number of amides is 1. The molecule has 4 heterocycles. The molecule has 1 unspecified atom stereocenters. The third kappa shape index (κ3) is 5.69. The summed E-state index contributed by atoms with van der Waals surface area (Å²) < 4.78 is 5.93. The lowest BCUT2D eigenvalue weighted by Gasteiger charge is -2.41. The lowest BCUT2D eigenvalue weighted by molar-refractivity contribution is -0.138. The summed E-state index contributed by atoms with van der Waals surface area (Å²) in [6.07, 6.45) is 9.97. The molecule has 8 nitrogen and oxygen atoms in total. The van der Waals surface area contributed by atoms with Gasteiger partial charge in [-0.25, -0.2) is 4.98 Å². The Labute approximate surface area is 189 Å². The minimum Gasteiger partial charge on any atom is -0.368 e. The Morgan fingerprint density at radius 1 is 1.22 bits per heavy atom. The molecule has 0 spiro atoms. The Bertz CT molecular complexity index is 972. The summed E-state index contributed by atoms with van der Waals surface area (Å²) in [5, 5.41) is 6.79. The van der Waals surface area contributed by atoms with E-state index in [0.717, 1.165) is 17.8 Å². The van der Waals surface area contributed by atoms with Crippen LogP contribution in [0.5, 0.6) is 0 Å². The summed E-state index contributed by atoms with van der Waals surface area (Å²) in [6.45, 7) is 10.3. The van der Waals surface area contributed by atoms with Gasteiger partial charge >= 0.3 is 0 Å². The molecule has 1 saturated heterocycles. The number of aromatic nitrogens is 3. The number of nitrogens with zero attached hydrogens (tertiary/aromatic N) is 4. The lowest BCUT2D eigenvalue weighted by Crippen LogP contribution is -2.54. The normalized spacial score (nSPS) is 22.2. The third-order valence-electron chi connectivity index (χ3n) is 5.64. The van der Waals surface area contributed by atoms with E-state index in [-0.39, 0.29) is 23.1 Å². The highest BCUT2D eigenvalue weighted by Crippen LogP contribution is 2.30. The molecule has 2 aliphatic heterocycles. The zero-order valence-electron chi connectivity index (χ0n) is 19.3. The van der Waals surface area contributed by atoms with Crippen molar-refractivity contribution in [3.63, 3.8) is 0 Å². The van der Waals surface area contributed by atoms with Gasteiger partial charge in [-0.3, -0.25) is 14.8 Å². The molecule has 4 rings (SSSR count). The van der Waals surface area contributed by atoms with Crippen molar-refractivity contribution < 1.29 is 9.53 Å². The van der Waals surface area contributed by atoms with Crippen LogP contribution in [0.3, 0.4) is 0 Å². The van der Waals surface area contributed by atoms with Gasteiger partial charge in [-0.1, -0.05) is 11.6 Å². The first-order chi connectivity index (χ1) is 15.2. The largest absolute Gasteiger partial charge is 0.368 e. The van der Waals surface area contributed by atoms with E-state index in [1.165, 1.54) is 5.57 Å². The molecule has 0 aliphatic carbocycles. The van der Waals surface area contributed by atoms with E-state index in [9.17, 15) is 4.79 Å². The van der Waals surface area contributed by atoms with Crippen molar-refractivity contribution in [3.05, 3.63) is 54.3 Å². The lowest BCUT2D eigenvalue weighted by atomic mass is 9.82. The number of pyridine rings is 1. The van der Waals surface area contributed by atoms with Crippen molar-refractivity contribution >= 4 is 17.4 Å². The molecule has 2 aromatic heterocycles. The number of hydrogen-bond acceptors (Lipinski definition) is 7. The van der Waals surface area contributed by atoms with Crippen LogP contribution in [-0.4, -0.2) is 56.5 Å². The number of anilines is 2. The molecule has 2 aliphatic rings. The SMILES string of the molecule is CC1(C)C=C(CC(=O)N2CCOC(c3ccc(Nc4cnccn4)cn3)C2)CC(C)(C)N1. The van der Waals surface area contributed by atoms with Gasteiger partial charge in [0.25, 0.3) is 0 Å². The number of carbonyl (C=O) groups excluding carboxylic acids is 1. The Hall–Kier alpha value is -2.84. The molecule has 8 heteroatoms. The van der Waals surface area contributed by atoms with Crippen LogP contribution in [0.25, 0.3) is 0 Å². The first-order valence-corrected chi connectivity index (χ1v) is 11.1. The van der Waals surface area contributed by atoms with Gasteiger partial charge in [-0.05, 0) is 46.2 Å². The molecule has 1 amide bonds. The molecular weight excluding hydrogens is 404 g/mol. The minimum atomic E-state index is -0.229. The van der Waals surface area contributed by atoms with Crippen molar-refractivity contribution in [2.75, 3.05) is 25.0 Å². The molecule has 1 atom stereocenters. The zero-order valence-corrected chi connectivity index (χ0v) is 19.3. The maximum Gasteiger partial charge on any atom is 0.226 e. The van der Waals surface area contributed by atoms with E-state index in [1.54, 1.807) is 24.8 Å². The topological polar surface area (TPSA) is 92.3 Å². The second-order valence-corrected chi connectivity index (χ2v) is 9.77.